The van der Waals surface area contributed by atoms with Gasteiger partial charge in [0.15, 0.2) is 0 Å². The fraction of sp³-hybridized carbons (Fsp3) is 0.667. The summed E-state index contributed by atoms with van der Waals surface area (Å²) in [6.45, 7) is 3.46. The normalized spacial score (nSPS) is 13.9. The first-order valence-corrected chi connectivity index (χ1v) is 5.99. The highest BCUT2D eigenvalue weighted by atomic mass is 16.5. The lowest BCUT2D eigenvalue weighted by Crippen LogP contribution is -2.08. The third-order valence-corrected chi connectivity index (χ3v) is 2.89. The third-order valence-electron chi connectivity index (χ3n) is 2.89. The molecule has 1 aromatic rings. The molecule has 0 unspecified atom stereocenters. The summed E-state index contributed by atoms with van der Waals surface area (Å²) in [6.07, 6.45) is 4.20. The standard InChI is InChI=1S/C12H19N3O/c1-3-16-8-7-11-14-10-6-4-5-9(10)12(13-2)15-11/h3-8H2,1-2H3,(H,13,14,15). The van der Waals surface area contributed by atoms with Crippen molar-refractivity contribution in [3.05, 3.63) is 17.1 Å². The first kappa shape index (κ1) is 11.3. The van der Waals surface area contributed by atoms with E-state index in [0.717, 1.165) is 37.5 Å². The van der Waals surface area contributed by atoms with E-state index in [0.29, 0.717) is 6.61 Å². The quantitative estimate of drug-likeness (QED) is 0.767. The fourth-order valence-electron chi connectivity index (χ4n) is 2.11. The first-order chi connectivity index (χ1) is 7.85. The van der Waals surface area contributed by atoms with Gasteiger partial charge in [0, 0.05) is 31.3 Å². The van der Waals surface area contributed by atoms with E-state index in [4.69, 9.17) is 4.74 Å². The lowest BCUT2D eigenvalue weighted by molar-refractivity contribution is 0.149. The topological polar surface area (TPSA) is 47.0 Å². The van der Waals surface area contributed by atoms with Crippen LogP contribution < -0.4 is 5.32 Å². The summed E-state index contributed by atoms with van der Waals surface area (Å²) in [5.74, 6) is 1.91. The van der Waals surface area contributed by atoms with Crippen LogP contribution in [0.25, 0.3) is 0 Å². The van der Waals surface area contributed by atoms with Crippen LogP contribution in [0.5, 0.6) is 0 Å². The van der Waals surface area contributed by atoms with Crippen molar-refractivity contribution >= 4 is 5.82 Å². The number of aryl methyl sites for hydroxylation is 1. The van der Waals surface area contributed by atoms with Gasteiger partial charge in [-0.3, -0.25) is 0 Å². The van der Waals surface area contributed by atoms with E-state index in [1.807, 2.05) is 14.0 Å². The summed E-state index contributed by atoms with van der Waals surface area (Å²) in [4.78, 5) is 9.14. The van der Waals surface area contributed by atoms with Crippen molar-refractivity contribution < 1.29 is 4.74 Å². The van der Waals surface area contributed by atoms with Crippen molar-refractivity contribution in [1.29, 1.82) is 0 Å². The Morgan fingerprint density at radius 3 is 2.94 bits per heavy atom. The van der Waals surface area contributed by atoms with Crippen LogP contribution in [-0.2, 0) is 24.0 Å². The predicted octanol–water partition coefficient (Wildman–Crippen LogP) is 1.59. The second kappa shape index (κ2) is 5.25. The number of nitrogens with one attached hydrogen (secondary N) is 1. The molecular weight excluding hydrogens is 202 g/mol. The summed E-state index contributed by atoms with van der Waals surface area (Å²) in [5.41, 5.74) is 2.54. The van der Waals surface area contributed by atoms with E-state index < -0.39 is 0 Å². The van der Waals surface area contributed by atoms with Gasteiger partial charge in [-0.15, -0.1) is 0 Å². The molecule has 0 amide bonds. The number of anilines is 1. The molecular formula is C12H19N3O. The Kier molecular flexibility index (Phi) is 3.72. The van der Waals surface area contributed by atoms with Gasteiger partial charge in [-0.05, 0) is 26.2 Å². The Bertz CT molecular complexity index is 366. The average Bonchev–Trinajstić information content (AvgIpc) is 2.76. The maximum absolute atomic E-state index is 5.33. The second-order valence-corrected chi connectivity index (χ2v) is 3.96. The number of hydrogen-bond donors (Lipinski definition) is 1. The third kappa shape index (κ3) is 2.32. The fourth-order valence-corrected chi connectivity index (χ4v) is 2.11. The van der Waals surface area contributed by atoms with Crippen molar-refractivity contribution in [2.75, 3.05) is 25.6 Å². The van der Waals surface area contributed by atoms with Gasteiger partial charge in [0.05, 0.1) is 6.61 Å². The summed E-state index contributed by atoms with van der Waals surface area (Å²) < 4.78 is 5.33. The Morgan fingerprint density at radius 1 is 1.31 bits per heavy atom. The first-order valence-electron chi connectivity index (χ1n) is 5.99. The van der Waals surface area contributed by atoms with Crippen LogP contribution in [-0.4, -0.2) is 30.2 Å². The van der Waals surface area contributed by atoms with Gasteiger partial charge in [0.2, 0.25) is 0 Å². The summed E-state index contributed by atoms with van der Waals surface area (Å²) in [7, 11) is 1.92. The monoisotopic (exact) mass is 221 g/mol. The molecule has 0 spiro atoms. The molecule has 0 saturated heterocycles. The molecule has 0 aromatic carbocycles. The predicted molar refractivity (Wildman–Crippen MR) is 63.8 cm³/mol. The van der Waals surface area contributed by atoms with Crippen molar-refractivity contribution in [3.63, 3.8) is 0 Å². The van der Waals surface area contributed by atoms with Gasteiger partial charge >= 0.3 is 0 Å². The van der Waals surface area contributed by atoms with Gasteiger partial charge < -0.3 is 10.1 Å². The van der Waals surface area contributed by atoms with E-state index in [1.165, 1.54) is 17.7 Å². The van der Waals surface area contributed by atoms with Crippen LogP contribution in [0.2, 0.25) is 0 Å². The van der Waals surface area contributed by atoms with Crippen LogP contribution in [0, 0.1) is 0 Å². The maximum Gasteiger partial charge on any atom is 0.133 e. The van der Waals surface area contributed by atoms with Crippen molar-refractivity contribution in [2.45, 2.75) is 32.6 Å². The molecule has 88 valence electrons. The highest BCUT2D eigenvalue weighted by Crippen LogP contribution is 2.25. The second-order valence-electron chi connectivity index (χ2n) is 3.96. The van der Waals surface area contributed by atoms with Gasteiger partial charge in [0.1, 0.15) is 11.6 Å². The minimum absolute atomic E-state index is 0.707. The molecule has 1 aliphatic carbocycles. The van der Waals surface area contributed by atoms with Gasteiger partial charge in [0.25, 0.3) is 0 Å². The molecule has 0 atom stereocenters. The minimum atomic E-state index is 0.707. The number of fused-ring (bicyclic) bond motifs is 1. The molecule has 4 nitrogen and oxygen atoms in total. The van der Waals surface area contributed by atoms with Crippen LogP contribution in [0.4, 0.5) is 5.82 Å². The lowest BCUT2D eigenvalue weighted by atomic mass is 10.2. The molecule has 0 saturated carbocycles. The van der Waals surface area contributed by atoms with Crippen LogP contribution >= 0.6 is 0 Å². The maximum atomic E-state index is 5.33. The van der Waals surface area contributed by atoms with E-state index >= 15 is 0 Å². The zero-order valence-electron chi connectivity index (χ0n) is 10.0. The van der Waals surface area contributed by atoms with Crippen molar-refractivity contribution in [3.8, 4) is 0 Å². The van der Waals surface area contributed by atoms with Crippen LogP contribution in [0.15, 0.2) is 0 Å². The van der Waals surface area contributed by atoms with Crippen molar-refractivity contribution in [1.82, 2.24) is 9.97 Å². The number of hydrogen-bond acceptors (Lipinski definition) is 4. The molecule has 0 bridgehead atoms. The average molecular weight is 221 g/mol. The highest BCUT2D eigenvalue weighted by molar-refractivity contribution is 5.48. The molecule has 1 N–H and O–H groups in total. The number of nitrogens with zero attached hydrogens (tertiary/aromatic N) is 2. The van der Waals surface area contributed by atoms with E-state index in [-0.39, 0.29) is 0 Å². The minimum Gasteiger partial charge on any atom is -0.381 e. The Hall–Kier alpha value is -1.16. The van der Waals surface area contributed by atoms with E-state index in [9.17, 15) is 0 Å². The molecule has 16 heavy (non-hydrogen) atoms. The van der Waals surface area contributed by atoms with Crippen molar-refractivity contribution in [2.24, 2.45) is 0 Å². The van der Waals surface area contributed by atoms with Gasteiger partial charge in [-0.2, -0.15) is 0 Å². The molecule has 0 fully saturated rings. The zero-order valence-corrected chi connectivity index (χ0v) is 10.0. The van der Waals surface area contributed by atoms with Crippen LogP contribution in [0.3, 0.4) is 0 Å². The molecule has 4 heteroatoms. The van der Waals surface area contributed by atoms with Crippen LogP contribution in [0.1, 0.15) is 30.4 Å². The zero-order chi connectivity index (χ0) is 11.4. The number of ether oxygens (including phenoxy) is 1. The molecule has 1 aromatic heterocycles. The van der Waals surface area contributed by atoms with E-state index in [1.54, 1.807) is 0 Å². The molecule has 0 radical (unpaired) electrons. The molecule has 1 heterocycles. The molecule has 2 rings (SSSR count). The lowest BCUT2D eigenvalue weighted by Gasteiger charge is -2.09. The summed E-state index contributed by atoms with van der Waals surface area (Å²) >= 11 is 0. The summed E-state index contributed by atoms with van der Waals surface area (Å²) in [5, 5.41) is 3.17. The largest absolute Gasteiger partial charge is 0.381 e. The Morgan fingerprint density at radius 2 is 2.19 bits per heavy atom. The SMILES string of the molecule is CCOCCc1nc2c(c(NC)n1)CCC2. The smallest absolute Gasteiger partial charge is 0.133 e. The number of aromatic nitrogens is 2. The highest BCUT2D eigenvalue weighted by Gasteiger charge is 2.18. The number of rotatable bonds is 5. The Labute approximate surface area is 96.4 Å². The van der Waals surface area contributed by atoms with Gasteiger partial charge in [-0.1, -0.05) is 0 Å². The Balaban J connectivity index is 2.14. The van der Waals surface area contributed by atoms with Gasteiger partial charge in [-0.25, -0.2) is 9.97 Å². The van der Waals surface area contributed by atoms with E-state index in [2.05, 4.69) is 15.3 Å². The summed E-state index contributed by atoms with van der Waals surface area (Å²) in [6, 6.07) is 0. The molecule has 1 aliphatic rings. The molecule has 0 aliphatic heterocycles.